The highest BCUT2D eigenvalue weighted by atomic mass is 79.9. The van der Waals surface area contributed by atoms with Crippen LogP contribution in [0.4, 0.5) is 0 Å². The number of hydrogen-bond donors (Lipinski definition) is 0. The molecule has 1 aromatic carbocycles. The molecule has 0 bridgehead atoms. The van der Waals surface area contributed by atoms with Crippen molar-refractivity contribution in [2.45, 2.75) is 6.54 Å². The van der Waals surface area contributed by atoms with E-state index in [2.05, 4.69) is 29.0 Å². The molecule has 0 saturated heterocycles. The number of hydrogen-bond acceptors (Lipinski definition) is 1. The molecular formula is C11H10BrNO. The van der Waals surface area contributed by atoms with Crippen LogP contribution in [0, 0.1) is 0 Å². The molecule has 0 spiro atoms. The standard InChI is InChI=1S/C11H10NO.BrH/c1-3-9-4-2-6-12-7-8-13-10(5-1)11(9)12;/h1-6H,7-8H2;1H/q+1;/p-1. The fourth-order valence-electron chi connectivity index (χ4n) is 1.86. The van der Waals surface area contributed by atoms with Gasteiger partial charge in [-0.05, 0) is 18.2 Å². The van der Waals surface area contributed by atoms with Gasteiger partial charge in [0, 0.05) is 6.07 Å². The number of aromatic nitrogens is 1. The molecule has 1 aromatic heterocycles. The molecule has 1 aliphatic rings. The Morgan fingerprint density at radius 2 is 2.00 bits per heavy atom. The number of ether oxygens (including phenoxy) is 1. The minimum absolute atomic E-state index is 0. The summed E-state index contributed by atoms with van der Waals surface area (Å²) in [7, 11) is 0. The number of para-hydroxylation sites is 1. The first kappa shape index (κ1) is 9.46. The zero-order valence-corrected chi connectivity index (χ0v) is 9.20. The lowest BCUT2D eigenvalue weighted by atomic mass is 10.2. The third-order valence-corrected chi connectivity index (χ3v) is 2.45. The molecule has 2 aromatic rings. The van der Waals surface area contributed by atoms with E-state index in [0.29, 0.717) is 0 Å². The predicted octanol–water partition coefficient (Wildman–Crippen LogP) is -1.48. The molecule has 14 heavy (non-hydrogen) atoms. The van der Waals surface area contributed by atoms with Gasteiger partial charge in [-0.3, -0.25) is 0 Å². The molecule has 0 radical (unpaired) electrons. The summed E-state index contributed by atoms with van der Waals surface area (Å²) in [6.45, 7) is 1.73. The second kappa shape index (κ2) is 3.58. The van der Waals surface area contributed by atoms with Crippen LogP contribution >= 0.6 is 0 Å². The van der Waals surface area contributed by atoms with Gasteiger partial charge in [0.2, 0.25) is 0 Å². The van der Waals surface area contributed by atoms with Gasteiger partial charge >= 0.3 is 0 Å². The number of benzene rings is 1. The molecule has 1 aliphatic heterocycles. The average molecular weight is 252 g/mol. The van der Waals surface area contributed by atoms with Crippen molar-refractivity contribution in [1.29, 1.82) is 0 Å². The monoisotopic (exact) mass is 251 g/mol. The summed E-state index contributed by atoms with van der Waals surface area (Å²) in [6, 6.07) is 10.4. The Morgan fingerprint density at radius 3 is 2.93 bits per heavy atom. The topological polar surface area (TPSA) is 13.1 Å². The van der Waals surface area contributed by atoms with Gasteiger partial charge in [0.1, 0.15) is 6.61 Å². The van der Waals surface area contributed by atoms with Gasteiger partial charge in [0.15, 0.2) is 18.5 Å². The van der Waals surface area contributed by atoms with E-state index in [4.69, 9.17) is 4.74 Å². The second-order valence-electron chi connectivity index (χ2n) is 3.24. The van der Waals surface area contributed by atoms with E-state index in [9.17, 15) is 0 Å². The average Bonchev–Trinajstić information content (AvgIpc) is 2.19. The molecule has 72 valence electrons. The first-order valence-electron chi connectivity index (χ1n) is 4.49. The van der Waals surface area contributed by atoms with Crippen molar-refractivity contribution in [3.63, 3.8) is 0 Å². The summed E-state index contributed by atoms with van der Waals surface area (Å²) in [4.78, 5) is 0. The zero-order chi connectivity index (χ0) is 8.67. The summed E-state index contributed by atoms with van der Waals surface area (Å²) in [6.07, 6.45) is 2.11. The first-order chi connectivity index (χ1) is 6.45. The third kappa shape index (κ3) is 1.28. The fraction of sp³-hybridized carbons (Fsp3) is 0.182. The van der Waals surface area contributed by atoms with Crippen LogP contribution < -0.4 is 26.3 Å². The highest BCUT2D eigenvalue weighted by molar-refractivity contribution is 5.81. The van der Waals surface area contributed by atoms with Crippen LogP contribution in [0.15, 0.2) is 36.5 Å². The normalized spacial score (nSPS) is 13.1. The van der Waals surface area contributed by atoms with Gasteiger partial charge in [-0.25, -0.2) is 0 Å². The maximum atomic E-state index is 5.57. The maximum Gasteiger partial charge on any atom is 0.255 e. The van der Waals surface area contributed by atoms with Crippen LogP contribution in [0.25, 0.3) is 10.9 Å². The van der Waals surface area contributed by atoms with E-state index in [1.165, 1.54) is 10.9 Å². The van der Waals surface area contributed by atoms with Crippen LogP contribution in [0.3, 0.4) is 0 Å². The van der Waals surface area contributed by atoms with E-state index in [-0.39, 0.29) is 17.0 Å². The molecule has 2 heterocycles. The quantitative estimate of drug-likeness (QED) is 0.521. The lowest BCUT2D eigenvalue weighted by molar-refractivity contribution is -0.676. The summed E-state index contributed by atoms with van der Waals surface area (Å²) in [5.41, 5.74) is 1.22. The van der Waals surface area contributed by atoms with Gasteiger partial charge in [0.25, 0.3) is 5.52 Å². The van der Waals surface area contributed by atoms with Crippen LogP contribution in [-0.4, -0.2) is 6.61 Å². The van der Waals surface area contributed by atoms with E-state index < -0.39 is 0 Å². The van der Waals surface area contributed by atoms with Crippen molar-refractivity contribution in [3.8, 4) is 5.75 Å². The van der Waals surface area contributed by atoms with E-state index in [1.807, 2.05) is 12.1 Å². The molecule has 0 atom stereocenters. The predicted molar refractivity (Wildman–Crippen MR) is 49.6 cm³/mol. The lowest BCUT2D eigenvalue weighted by Crippen LogP contribution is -3.00. The van der Waals surface area contributed by atoms with Crippen molar-refractivity contribution < 1.29 is 26.3 Å². The number of halogens is 1. The van der Waals surface area contributed by atoms with E-state index in [1.54, 1.807) is 0 Å². The Balaban J connectivity index is 0.000000750. The van der Waals surface area contributed by atoms with Crippen molar-refractivity contribution in [2.24, 2.45) is 0 Å². The van der Waals surface area contributed by atoms with Crippen molar-refractivity contribution in [1.82, 2.24) is 0 Å². The summed E-state index contributed by atoms with van der Waals surface area (Å²) in [5, 5.41) is 1.25. The van der Waals surface area contributed by atoms with Crippen LogP contribution in [0.2, 0.25) is 0 Å². The Bertz CT molecular complexity index is 431. The third-order valence-electron chi connectivity index (χ3n) is 2.45. The van der Waals surface area contributed by atoms with Crippen molar-refractivity contribution >= 4 is 10.9 Å². The number of pyridine rings is 1. The van der Waals surface area contributed by atoms with Crippen LogP contribution in [0.5, 0.6) is 5.75 Å². The molecule has 0 N–H and O–H groups in total. The minimum Gasteiger partial charge on any atom is -1.00 e. The molecular weight excluding hydrogens is 242 g/mol. The Hall–Kier alpha value is -1.09. The highest BCUT2D eigenvalue weighted by Gasteiger charge is 2.18. The zero-order valence-electron chi connectivity index (χ0n) is 7.61. The fourth-order valence-corrected chi connectivity index (χ4v) is 1.86. The van der Waals surface area contributed by atoms with E-state index in [0.717, 1.165) is 18.9 Å². The molecule has 0 unspecified atom stereocenters. The Labute approximate surface area is 92.9 Å². The van der Waals surface area contributed by atoms with Crippen molar-refractivity contribution in [2.75, 3.05) is 6.61 Å². The van der Waals surface area contributed by atoms with Gasteiger partial charge in [-0.15, -0.1) is 0 Å². The highest BCUT2D eigenvalue weighted by Crippen LogP contribution is 2.23. The summed E-state index contributed by atoms with van der Waals surface area (Å²) >= 11 is 0. The van der Waals surface area contributed by atoms with Gasteiger partial charge in [-0.2, -0.15) is 4.57 Å². The number of nitrogens with zero attached hydrogens (tertiary/aromatic N) is 1. The Kier molecular flexibility index (Phi) is 2.42. The van der Waals surface area contributed by atoms with Crippen molar-refractivity contribution in [3.05, 3.63) is 36.5 Å². The molecule has 2 nitrogen and oxygen atoms in total. The molecule has 0 amide bonds. The van der Waals surface area contributed by atoms with Gasteiger partial charge < -0.3 is 21.7 Å². The minimum atomic E-state index is 0. The van der Waals surface area contributed by atoms with Crippen LogP contribution in [-0.2, 0) is 6.54 Å². The largest absolute Gasteiger partial charge is 1.00 e. The summed E-state index contributed by atoms with van der Waals surface area (Å²) in [5.74, 6) is 1.00. The molecule has 0 saturated carbocycles. The molecule has 3 heteroatoms. The number of rotatable bonds is 0. The van der Waals surface area contributed by atoms with Gasteiger partial charge in [-0.1, -0.05) is 6.07 Å². The molecule has 3 rings (SSSR count). The van der Waals surface area contributed by atoms with E-state index >= 15 is 0 Å². The maximum absolute atomic E-state index is 5.57. The molecule has 0 aliphatic carbocycles. The van der Waals surface area contributed by atoms with Gasteiger partial charge in [0.05, 0.1) is 5.39 Å². The van der Waals surface area contributed by atoms with Crippen LogP contribution in [0.1, 0.15) is 0 Å². The first-order valence-corrected chi connectivity index (χ1v) is 4.49. The SMILES string of the molecule is [Br-].c1cc2c3c(c1)ccc[n+]3CCO2. The molecule has 0 fully saturated rings. The summed E-state index contributed by atoms with van der Waals surface area (Å²) < 4.78 is 7.82. The second-order valence-corrected chi connectivity index (χ2v) is 3.24. The smallest absolute Gasteiger partial charge is 0.255 e. The lowest BCUT2D eigenvalue weighted by Gasteiger charge is -2.12. The Morgan fingerprint density at radius 1 is 1.14 bits per heavy atom.